The quantitative estimate of drug-likeness (QED) is 0.857. The number of amides is 1. The van der Waals surface area contributed by atoms with Gasteiger partial charge in [-0.05, 0) is 38.5 Å². The van der Waals surface area contributed by atoms with Crippen LogP contribution in [0, 0.1) is 0 Å². The maximum atomic E-state index is 12.4. The summed E-state index contributed by atoms with van der Waals surface area (Å²) in [5.74, 6) is 0.269. The minimum atomic E-state index is -0.0128. The summed E-state index contributed by atoms with van der Waals surface area (Å²) in [5, 5.41) is 0. The second-order valence-electron chi connectivity index (χ2n) is 6.72. The summed E-state index contributed by atoms with van der Waals surface area (Å²) in [5.41, 5.74) is 1.16. The first kappa shape index (κ1) is 13.3. The van der Waals surface area contributed by atoms with E-state index in [0.29, 0.717) is 19.0 Å². The van der Waals surface area contributed by atoms with Crippen LogP contribution in [0.5, 0.6) is 0 Å². The number of likely N-dealkylation sites (tertiary alicyclic amines) is 1. The molecule has 0 unspecified atom stereocenters. The van der Waals surface area contributed by atoms with Crippen molar-refractivity contribution in [2.45, 2.75) is 63.1 Å². The van der Waals surface area contributed by atoms with Crippen molar-refractivity contribution in [2.24, 2.45) is 0 Å². The van der Waals surface area contributed by atoms with Crippen LogP contribution in [0.15, 0.2) is 12.5 Å². The molecule has 5 nitrogen and oxygen atoms in total. The van der Waals surface area contributed by atoms with E-state index < -0.39 is 0 Å². The SMILES string of the molecule is O=C1CC[C@@]2(CCCO2)CCN1Cc1cncn1C1CC1. The lowest BCUT2D eigenvalue weighted by molar-refractivity contribution is -0.131. The molecule has 0 aromatic carbocycles. The molecule has 1 spiro atoms. The van der Waals surface area contributed by atoms with Gasteiger partial charge in [-0.3, -0.25) is 4.79 Å². The van der Waals surface area contributed by atoms with Crippen LogP contribution in [0.4, 0.5) is 0 Å². The summed E-state index contributed by atoms with van der Waals surface area (Å²) in [6.07, 6.45) is 11.1. The Morgan fingerprint density at radius 3 is 3.00 bits per heavy atom. The maximum Gasteiger partial charge on any atom is 0.223 e. The number of hydrogen-bond acceptors (Lipinski definition) is 3. The van der Waals surface area contributed by atoms with Crippen molar-refractivity contribution in [3.63, 3.8) is 0 Å². The van der Waals surface area contributed by atoms with Gasteiger partial charge in [-0.25, -0.2) is 4.98 Å². The third kappa shape index (κ3) is 2.59. The van der Waals surface area contributed by atoms with Crippen molar-refractivity contribution in [3.8, 4) is 0 Å². The average molecular weight is 289 g/mol. The van der Waals surface area contributed by atoms with Crippen molar-refractivity contribution < 1.29 is 9.53 Å². The predicted molar refractivity (Wildman–Crippen MR) is 77.7 cm³/mol. The number of aromatic nitrogens is 2. The Balaban J connectivity index is 1.46. The van der Waals surface area contributed by atoms with Gasteiger partial charge in [0.25, 0.3) is 0 Å². The molecule has 1 aliphatic carbocycles. The van der Waals surface area contributed by atoms with Crippen LogP contribution in [-0.2, 0) is 16.1 Å². The van der Waals surface area contributed by atoms with Crippen molar-refractivity contribution >= 4 is 5.91 Å². The van der Waals surface area contributed by atoms with Gasteiger partial charge in [0, 0.05) is 31.8 Å². The molecule has 1 aromatic heterocycles. The molecule has 4 rings (SSSR count). The Hall–Kier alpha value is -1.36. The zero-order chi connectivity index (χ0) is 14.3. The number of hydrogen-bond donors (Lipinski definition) is 0. The van der Waals surface area contributed by atoms with E-state index in [-0.39, 0.29) is 11.5 Å². The zero-order valence-corrected chi connectivity index (χ0v) is 12.5. The van der Waals surface area contributed by atoms with E-state index in [2.05, 4.69) is 9.55 Å². The highest BCUT2D eigenvalue weighted by atomic mass is 16.5. The lowest BCUT2D eigenvalue weighted by Crippen LogP contribution is -2.32. The molecule has 1 aromatic rings. The van der Waals surface area contributed by atoms with Crippen LogP contribution in [0.3, 0.4) is 0 Å². The molecule has 1 saturated carbocycles. The summed E-state index contributed by atoms with van der Waals surface area (Å²) >= 11 is 0. The molecule has 1 atom stereocenters. The van der Waals surface area contributed by atoms with E-state index in [1.165, 1.54) is 18.5 Å². The molecule has 2 aliphatic heterocycles. The summed E-state index contributed by atoms with van der Waals surface area (Å²) < 4.78 is 8.22. The Morgan fingerprint density at radius 1 is 1.33 bits per heavy atom. The van der Waals surface area contributed by atoms with E-state index in [0.717, 1.165) is 38.8 Å². The largest absolute Gasteiger partial charge is 0.375 e. The van der Waals surface area contributed by atoms with Gasteiger partial charge in [0.2, 0.25) is 5.91 Å². The molecule has 21 heavy (non-hydrogen) atoms. The first-order valence-electron chi connectivity index (χ1n) is 8.18. The second-order valence-corrected chi connectivity index (χ2v) is 6.72. The van der Waals surface area contributed by atoms with Crippen LogP contribution in [0.25, 0.3) is 0 Å². The molecule has 0 N–H and O–H groups in total. The van der Waals surface area contributed by atoms with Crippen molar-refractivity contribution in [1.29, 1.82) is 0 Å². The molecule has 3 aliphatic rings. The molecule has 114 valence electrons. The summed E-state index contributed by atoms with van der Waals surface area (Å²) in [7, 11) is 0. The van der Waals surface area contributed by atoms with Crippen LogP contribution in [-0.4, -0.2) is 39.1 Å². The fourth-order valence-electron chi connectivity index (χ4n) is 3.73. The monoisotopic (exact) mass is 289 g/mol. The molecule has 0 radical (unpaired) electrons. The first-order chi connectivity index (χ1) is 10.3. The lowest BCUT2D eigenvalue weighted by atomic mass is 9.92. The number of ether oxygens (including phenoxy) is 1. The molecule has 1 amide bonds. The fourth-order valence-corrected chi connectivity index (χ4v) is 3.73. The zero-order valence-electron chi connectivity index (χ0n) is 12.5. The van der Waals surface area contributed by atoms with Gasteiger partial charge in [-0.2, -0.15) is 0 Å². The average Bonchev–Trinajstić information content (AvgIpc) is 3.09. The van der Waals surface area contributed by atoms with E-state index in [9.17, 15) is 4.79 Å². The normalized spacial score (nSPS) is 30.1. The third-order valence-electron chi connectivity index (χ3n) is 5.21. The maximum absolute atomic E-state index is 12.4. The van der Waals surface area contributed by atoms with E-state index in [1.54, 1.807) is 0 Å². The van der Waals surface area contributed by atoms with Gasteiger partial charge in [-0.1, -0.05) is 0 Å². The van der Waals surface area contributed by atoms with Gasteiger partial charge >= 0.3 is 0 Å². The summed E-state index contributed by atoms with van der Waals surface area (Å²) in [6.45, 7) is 2.38. The van der Waals surface area contributed by atoms with Gasteiger partial charge in [0.15, 0.2) is 0 Å². The Morgan fingerprint density at radius 2 is 2.24 bits per heavy atom. The Kier molecular flexibility index (Phi) is 3.25. The van der Waals surface area contributed by atoms with E-state index in [4.69, 9.17) is 4.74 Å². The summed E-state index contributed by atoms with van der Waals surface area (Å²) in [4.78, 5) is 18.7. The number of imidazole rings is 1. The predicted octanol–water partition coefficient (Wildman–Crippen LogP) is 2.28. The molecule has 3 fully saturated rings. The highest BCUT2D eigenvalue weighted by Crippen LogP contribution is 2.37. The number of carbonyl (C=O) groups excluding carboxylic acids is 1. The van der Waals surface area contributed by atoms with E-state index in [1.807, 2.05) is 17.4 Å². The minimum absolute atomic E-state index is 0.0128. The molecular formula is C16H23N3O2. The van der Waals surface area contributed by atoms with Gasteiger partial charge < -0.3 is 14.2 Å². The molecular weight excluding hydrogens is 266 g/mol. The van der Waals surface area contributed by atoms with Crippen LogP contribution >= 0.6 is 0 Å². The third-order valence-corrected chi connectivity index (χ3v) is 5.21. The second kappa shape index (κ2) is 5.13. The van der Waals surface area contributed by atoms with Gasteiger partial charge in [0.05, 0.1) is 24.2 Å². The highest BCUT2D eigenvalue weighted by molar-refractivity contribution is 5.76. The Bertz CT molecular complexity index is 529. The van der Waals surface area contributed by atoms with Crippen LogP contribution in [0.1, 0.15) is 56.7 Å². The first-order valence-corrected chi connectivity index (χ1v) is 8.18. The molecule has 0 bridgehead atoms. The smallest absolute Gasteiger partial charge is 0.223 e. The van der Waals surface area contributed by atoms with Gasteiger partial charge in [0.1, 0.15) is 0 Å². The van der Waals surface area contributed by atoms with E-state index >= 15 is 0 Å². The van der Waals surface area contributed by atoms with Gasteiger partial charge in [-0.15, -0.1) is 0 Å². The molecule has 5 heteroatoms. The van der Waals surface area contributed by atoms with Crippen molar-refractivity contribution in [3.05, 3.63) is 18.2 Å². The lowest BCUT2D eigenvalue weighted by Gasteiger charge is -2.26. The highest BCUT2D eigenvalue weighted by Gasteiger charge is 2.38. The Labute approximate surface area is 125 Å². The number of rotatable bonds is 3. The van der Waals surface area contributed by atoms with Crippen molar-refractivity contribution in [1.82, 2.24) is 14.5 Å². The van der Waals surface area contributed by atoms with Crippen LogP contribution in [0.2, 0.25) is 0 Å². The molecule has 2 saturated heterocycles. The topological polar surface area (TPSA) is 47.4 Å². The number of carbonyl (C=O) groups is 1. The summed E-state index contributed by atoms with van der Waals surface area (Å²) in [6, 6.07) is 0.620. The fraction of sp³-hybridized carbons (Fsp3) is 0.750. The standard InChI is InChI=1S/C16H23N3O2/c20-15-4-6-16(5-1-9-21-16)7-8-18(15)11-14-10-17-12-19(14)13-2-3-13/h10,12-13H,1-9,11H2/t16-/m0/s1. The van der Waals surface area contributed by atoms with Crippen molar-refractivity contribution in [2.75, 3.05) is 13.2 Å². The molecule has 3 heterocycles. The number of nitrogens with zero attached hydrogens (tertiary/aromatic N) is 3. The van der Waals surface area contributed by atoms with Crippen LogP contribution < -0.4 is 0 Å². The minimum Gasteiger partial charge on any atom is -0.375 e.